The Balaban J connectivity index is 3.17. The van der Waals surface area contributed by atoms with Gasteiger partial charge < -0.3 is 10.4 Å². The van der Waals surface area contributed by atoms with E-state index in [-0.39, 0.29) is 6.61 Å². The number of aryl methyl sites for hydroxylation is 2. The Hall–Kier alpha value is -0.860. The second kappa shape index (κ2) is 6.18. The average Bonchev–Trinajstić information content (AvgIpc) is 2.31. The summed E-state index contributed by atoms with van der Waals surface area (Å²) in [6.07, 6.45) is 1.83. The van der Waals surface area contributed by atoms with Crippen molar-refractivity contribution in [2.24, 2.45) is 0 Å². The van der Waals surface area contributed by atoms with Crippen LogP contribution >= 0.6 is 0 Å². The van der Waals surface area contributed by atoms with Crippen LogP contribution in [0.25, 0.3) is 0 Å². The van der Waals surface area contributed by atoms with Crippen LogP contribution in [-0.2, 0) is 0 Å². The molecule has 0 heterocycles. The highest BCUT2D eigenvalue weighted by Gasteiger charge is 2.16. The quantitative estimate of drug-likeness (QED) is 0.822. The molecule has 0 saturated heterocycles. The normalized spacial score (nSPS) is 12.8. The number of hydrogen-bond donors (Lipinski definition) is 2. The molecule has 1 aromatic rings. The van der Waals surface area contributed by atoms with Crippen molar-refractivity contribution >= 4 is 0 Å². The standard InChI is InChI=1S/C15H25NO/c1-10-9-11(2)13(4)15(12(10)3)14(16-5)7-6-8-17/h9,14,16-17H,6-8H2,1-5H3. The Labute approximate surface area is 105 Å². The maximum atomic E-state index is 8.98. The van der Waals surface area contributed by atoms with Gasteiger partial charge in [0.05, 0.1) is 0 Å². The Kier molecular flexibility index (Phi) is 5.16. The summed E-state index contributed by atoms with van der Waals surface area (Å²) in [5, 5.41) is 12.4. The van der Waals surface area contributed by atoms with Crippen molar-refractivity contribution in [2.45, 2.75) is 46.6 Å². The maximum Gasteiger partial charge on any atom is 0.0431 e. The fraction of sp³-hybridized carbons (Fsp3) is 0.600. The molecule has 0 saturated carbocycles. The first-order valence-electron chi connectivity index (χ1n) is 6.38. The van der Waals surface area contributed by atoms with Gasteiger partial charge in [-0.3, -0.25) is 0 Å². The van der Waals surface area contributed by atoms with Gasteiger partial charge in [-0.1, -0.05) is 6.07 Å². The van der Waals surface area contributed by atoms with Crippen molar-refractivity contribution in [3.8, 4) is 0 Å². The third-order valence-electron chi connectivity index (χ3n) is 3.77. The monoisotopic (exact) mass is 235 g/mol. The molecule has 0 aliphatic rings. The summed E-state index contributed by atoms with van der Waals surface area (Å²) in [7, 11) is 2.00. The largest absolute Gasteiger partial charge is 0.396 e. The Morgan fingerprint density at radius 1 is 1.12 bits per heavy atom. The van der Waals surface area contributed by atoms with Crippen LogP contribution in [-0.4, -0.2) is 18.8 Å². The molecule has 0 amide bonds. The molecule has 1 aromatic carbocycles. The summed E-state index contributed by atoms with van der Waals surface area (Å²) in [5.74, 6) is 0. The van der Waals surface area contributed by atoms with Crippen LogP contribution in [0.1, 0.15) is 46.7 Å². The van der Waals surface area contributed by atoms with Crippen LogP contribution in [0.5, 0.6) is 0 Å². The van der Waals surface area contributed by atoms with Gasteiger partial charge in [0.15, 0.2) is 0 Å². The van der Waals surface area contributed by atoms with Gasteiger partial charge in [-0.2, -0.15) is 0 Å². The highest BCUT2D eigenvalue weighted by molar-refractivity contribution is 5.45. The first kappa shape index (κ1) is 14.2. The van der Waals surface area contributed by atoms with Gasteiger partial charge in [0.2, 0.25) is 0 Å². The molecule has 0 fully saturated rings. The number of nitrogens with one attached hydrogen (secondary N) is 1. The Morgan fingerprint density at radius 2 is 1.65 bits per heavy atom. The van der Waals surface area contributed by atoms with E-state index in [2.05, 4.69) is 39.1 Å². The van der Waals surface area contributed by atoms with Crippen LogP contribution in [0.15, 0.2) is 6.07 Å². The second-order valence-corrected chi connectivity index (χ2v) is 4.88. The molecule has 2 heteroatoms. The van der Waals surface area contributed by atoms with E-state index in [1.807, 2.05) is 7.05 Å². The van der Waals surface area contributed by atoms with Crippen LogP contribution < -0.4 is 5.32 Å². The van der Waals surface area contributed by atoms with E-state index in [1.165, 1.54) is 27.8 Å². The number of benzene rings is 1. The van der Waals surface area contributed by atoms with E-state index in [0.29, 0.717) is 6.04 Å². The summed E-state index contributed by atoms with van der Waals surface area (Å²) in [5.41, 5.74) is 6.88. The average molecular weight is 235 g/mol. The fourth-order valence-electron chi connectivity index (χ4n) is 2.50. The zero-order chi connectivity index (χ0) is 13.0. The molecule has 1 unspecified atom stereocenters. The molecule has 0 aliphatic heterocycles. The first-order valence-corrected chi connectivity index (χ1v) is 6.38. The SMILES string of the molecule is CNC(CCCO)c1c(C)c(C)cc(C)c1C. The van der Waals surface area contributed by atoms with Crippen LogP contribution in [0.2, 0.25) is 0 Å². The summed E-state index contributed by atoms with van der Waals surface area (Å²) in [4.78, 5) is 0. The lowest BCUT2D eigenvalue weighted by Gasteiger charge is -2.23. The smallest absolute Gasteiger partial charge is 0.0431 e. The minimum absolute atomic E-state index is 0.265. The third-order valence-corrected chi connectivity index (χ3v) is 3.77. The van der Waals surface area contributed by atoms with E-state index < -0.39 is 0 Å². The third kappa shape index (κ3) is 3.08. The van der Waals surface area contributed by atoms with Gasteiger partial charge in [-0.15, -0.1) is 0 Å². The van der Waals surface area contributed by atoms with E-state index in [1.54, 1.807) is 0 Å². The number of aliphatic hydroxyl groups is 1. The Bertz CT molecular complexity index is 359. The molecular weight excluding hydrogens is 210 g/mol. The molecule has 0 bridgehead atoms. The molecule has 0 aromatic heterocycles. The number of hydrogen-bond acceptors (Lipinski definition) is 2. The highest BCUT2D eigenvalue weighted by atomic mass is 16.2. The molecule has 0 radical (unpaired) electrons. The Morgan fingerprint density at radius 3 is 2.06 bits per heavy atom. The van der Waals surface area contributed by atoms with Crippen molar-refractivity contribution in [3.05, 3.63) is 33.9 Å². The van der Waals surface area contributed by atoms with Crippen molar-refractivity contribution < 1.29 is 5.11 Å². The molecule has 96 valence electrons. The molecule has 2 nitrogen and oxygen atoms in total. The predicted octanol–water partition coefficient (Wildman–Crippen LogP) is 2.95. The highest BCUT2D eigenvalue weighted by Crippen LogP contribution is 2.29. The van der Waals surface area contributed by atoms with Gasteiger partial charge in [0, 0.05) is 12.6 Å². The molecule has 0 spiro atoms. The molecular formula is C15H25NO. The molecule has 17 heavy (non-hydrogen) atoms. The van der Waals surface area contributed by atoms with Crippen LogP contribution in [0.3, 0.4) is 0 Å². The predicted molar refractivity (Wildman–Crippen MR) is 73.5 cm³/mol. The summed E-state index contributed by atoms with van der Waals surface area (Å²) >= 11 is 0. The zero-order valence-electron chi connectivity index (χ0n) is 11.7. The first-order chi connectivity index (χ1) is 8.02. The lowest BCUT2D eigenvalue weighted by Crippen LogP contribution is -2.20. The number of aliphatic hydroxyl groups excluding tert-OH is 1. The second-order valence-electron chi connectivity index (χ2n) is 4.88. The zero-order valence-corrected chi connectivity index (χ0v) is 11.7. The number of rotatable bonds is 5. The van der Waals surface area contributed by atoms with Gasteiger partial charge in [-0.05, 0) is 75.4 Å². The van der Waals surface area contributed by atoms with Crippen molar-refractivity contribution in [2.75, 3.05) is 13.7 Å². The van der Waals surface area contributed by atoms with E-state index in [0.717, 1.165) is 12.8 Å². The van der Waals surface area contributed by atoms with Crippen LogP contribution in [0.4, 0.5) is 0 Å². The molecule has 1 atom stereocenters. The van der Waals surface area contributed by atoms with Crippen molar-refractivity contribution in [1.82, 2.24) is 5.32 Å². The van der Waals surface area contributed by atoms with E-state index >= 15 is 0 Å². The van der Waals surface area contributed by atoms with Gasteiger partial charge in [-0.25, -0.2) is 0 Å². The van der Waals surface area contributed by atoms with Crippen molar-refractivity contribution in [1.29, 1.82) is 0 Å². The van der Waals surface area contributed by atoms with E-state index in [4.69, 9.17) is 5.11 Å². The van der Waals surface area contributed by atoms with Gasteiger partial charge >= 0.3 is 0 Å². The molecule has 0 aliphatic carbocycles. The summed E-state index contributed by atoms with van der Waals surface area (Å²) in [6.45, 7) is 9.00. The van der Waals surface area contributed by atoms with Crippen molar-refractivity contribution in [3.63, 3.8) is 0 Å². The lowest BCUT2D eigenvalue weighted by atomic mass is 9.88. The summed E-state index contributed by atoms with van der Waals surface area (Å²) < 4.78 is 0. The van der Waals surface area contributed by atoms with Crippen LogP contribution in [0, 0.1) is 27.7 Å². The topological polar surface area (TPSA) is 32.3 Å². The molecule has 2 N–H and O–H groups in total. The minimum Gasteiger partial charge on any atom is -0.396 e. The maximum absolute atomic E-state index is 8.98. The molecule has 1 rings (SSSR count). The van der Waals surface area contributed by atoms with Gasteiger partial charge in [0.25, 0.3) is 0 Å². The lowest BCUT2D eigenvalue weighted by molar-refractivity contribution is 0.276. The van der Waals surface area contributed by atoms with Gasteiger partial charge in [0.1, 0.15) is 0 Å². The minimum atomic E-state index is 0.265. The summed E-state index contributed by atoms with van der Waals surface area (Å²) in [6, 6.07) is 2.60. The fourth-order valence-corrected chi connectivity index (χ4v) is 2.50. The van der Waals surface area contributed by atoms with E-state index in [9.17, 15) is 0 Å².